The molecular formula is C26H33BrO3S. The van der Waals surface area contributed by atoms with E-state index in [1.807, 2.05) is 12.1 Å². The van der Waals surface area contributed by atoms with Crippen molar-refractivity contribution < 1.29 is 14.6 Å². The highest BCUT2D eigenvalue weighted by atomic mass is 79.9. The second-order valence-electron chi connectivity index (χ2n) is 8.39. The third-order valence-corrected chi connectivity index (χ3v) is 8.13. The Morgan fingerprint density at radius 1 is 1.19 bits per heavy atom. The maximum absolute atomic E-state index is 11.6. The highest BCUT2D eigenvalue weighted by Gasteiger charge is 2.29. The van der Waals surface area contributed by atoms with E-state index in [0.29, 0.717) is 16.7 Å². The van der Waals surface area contributed by atoms with Crippen LogP contribution in [0.15, 0.2) is 47.0 Å². The minimum Gasteiger partial charge on any atom is -0.465 e. The molecule has 0 radical (unpaired) electrons. The van der Waals surface area contributed by atoms with Gasteiger partial charge in [0.25, 0.3) is 0 Å². The third-order valence-electron chi connectivity index (χ3n) is 6.19. The zero-order valence-electron chi connectivity index (χ0n) is 18.5. The number of esters is 1. The molecule has 0 aliphatic heterocycles. The van der Waals surface area contributed by atoms with Crippen molar-refractivity contribution in [3.63, 3.8) is 0 Å². The number of hydrogen-bond acceptors (Lipinski definition) is 4. The van der Waals surface area contributed by atoms with Crippen LogP contribution in [0.1, 0.15) is 89.6 Å². The summed E-state index contributed by atoms with van der Waals surface area (Å²) in [6.45, 7) is 2.19. The summed E-state index contributed by atoms with van der Waals surface area (Å²) in [6, 6.07) is 12.5. The third kappa shape index (κ3) is 6.53. The van der Waals surface area contributed by atoms with Crippen LogP contribution in [0.2, 0.25) is 0 Å². The zero-order valence-corrected chi connectivity index (χ0v) is 20.9. The molecule has 0 fully saturated rings. The van der Waals surface area contributed by atoms with Crippen LogP contribution in [-0.2, 0) is 11.2 Å². The van der Waals surface area contributed by atoms with Crippen molar-refractivity contribution in [3.8, 4) is 0 Å². The van der Waals surface area contributed by atoms with E-state index in [4.69, 9.17) is 4.74 Å². The highest BCUT2D eigenvalue weighted by Crippen LogP contribution is 2.45. The lowest BCUT2D eigenvalue weighted by molar-refractivity contribution is 0.0606. The minimum atomic E-state index is -0.361. The molecule has 0 amide bonds. The number of benzene rings is 1. The molecular weight excluding hydrogens is 472 g/mol. The van der Waals surface area contributed by atoms with Gasteiger partial charge in [0.05, 0.1) is 13.2 Å². The lowest BCUT2D eigenvalue weighted by atomic mass is 9.84. The number of aliphatic hydroxyl groups excluding tert-OH is 1. The van der Waals surface area contributed by atoms with Gasteiger partial charge in [-0.3, -0.25) is 0 Å². The van der Waals surface area contributed by atoms with Crippen molar-refractivity contribution >= 4 is 33.2 Å². The molecule has 2 unspecified atom stereocenters. The van der Waals surface area contributed by atoms with Gasteiger partial charge in [-0.1, -0.05) is 72.5 Å². The van der Waals surface area contributed by atoms with E-state index in [9.17, 15) is 9.90 Å². The lowest BCUT2D eigenvalue weighted by Gasteiger charge is -2.22. The fraction of sp³-hybridized carbons (Fsp3) is 0.500. The monoisotopic (exact) mass is 504 g/mol. The smallest absolute Gasteiger partial charge is 0.348 e. The topological polar surface area (TPSA) is 46.5 Å². The molecule has 3 rings (SSSR count). The molecule has 1 aliphatic rings. The van der Waals surface area contributed by atoms with Gasteiger partial charge < -0.3 is 9.84 Å². The summed E-state index contributed by atoms with van der Waals surface area (Å²) in [5.41, 5.74) is 2.34. The van der Waals surface area contributed by atoms with Crippen LogP contribution in [0, 0.1) is 5.92 Å². The number of thiophene rings is 1. The van der Waals surface area contributed by atoms with Crippen LogP contribution < -0.4 is 0 Å². The van der Waals surface area contributed by atoms with E-state index in [-0.39, 0.29) is 12.1 Å². The van der Waals surface area contributed by atoms with Crippen LogP contribution in [0.4, 0.5) is 0 Å². The summed E-state index contributed by atoms with van der Waals surface area (Å²) in [7, 11) is 1.42. The lowest BCUT2D eigenvalue weighted by Crippen LogP contribution is -2.09. The summed E-state index contributed by atoms with van der Waals surface area (Å²) < 4.78 is 6.08. The number of aliphatic hydroxyl groups is 1. The highest BCUT2D eigenvalue weighted by molar-refractivity contribution is 9.11. The van der Waals surface area contributed by atoms with Crippen LogP contribution in [0.3, 0.4) is 0 Å². The second-order valence-corrected chi connectivity index (χ2v) is 10.5. The van der Waals surface area contributed by atoms with Gasteiger partial charge in [0.2, 0.25) is 0 Å². The fourth-order valence-corrected chi connectivity index (χ4v) is 6.20. The fourth-order valence-electron chi connectivity index (χ4n) is 4.41. The summed E-state index contributed by atoms with van der Waals surface area (Å²) in [5, 5.41) is 10.4. The van der Waals surface area contributed by atoms with E-state index < -0.39 is 0 Å². The Morgan fingerprint density at radius 2 is 1.97 bits per heavy atom. The normalized spacial score (nSPS) is 19.3. The summed E-state index contributed by atoms with van der Waals surface area (Å²) in [5.74, 6) is 0.717. The molecule has 1 aromatic heterocycles. The summed E-state index contributed by atoms with van der Waals surface area (Å²) in [6.07, 6.45) is 10.5. The van der Waals surface area contributed by atoms with E-state index in [2.05, 4.69) is 53.2 Å². The summed E-state index contributed by atoms with van der Waals surface area (Å²) >= 11 is 5.33. The molecule has 0 saturated heterocycles. The van der Waals surface area contributed by atoms with Gasteiger partial charge in [0.15, 0.2) is 0 Å². The molecule has 1 N–H and O–H groups in total. The standard InChI is InChI=1S/C26H33BrO3S/c1-3-4-5-9-23(28)18-10-12-20(13-11-18)25-19(14-16-22(25)27)7-6-8-21-15-17-24(31-21)26(29)30-2/h10-13,15-17,19,23,25,28H,3-9,14H2,1-2H3/t19-,23?,25?/m0/s1. The Hall–Kier alpha value is -1.43. The Bertz CT molecular complexity index is 871. The van der Waals surface area contributed by atoms with Crippen LogP contribution in [0.5, 0.6) is 0 Å². The van der Waals surface area contributed by atoms with E-state index in [0.717, 1.165) is 44.1 Å². The van der Waals surface area contributed by atoms with Crippen LogP contribution in [0.25, 0.3) is 0 Å². The van der Waals surface area contributed by atoms with E-state index in [1.54, 1.807) is 0 Å². The second kappa shape index (κ2) is 12.0. The number of unbranched alkanes of at least 4 members (excludes halogenated alkanes) is 2. The van der Waals surface area contributed by atoms with Crippen molar-refractivity contribution in [3.05, 3.63) is 67.8 Å². The number of hydrogen-bond donors (Lipinski definition) is 1. The first-order chi connectivity index (χ1) is 15.0. The maximum Gasteiger partial charge on any atom is 0.348 e. The molecule has 3 atom stereocenters. The molecule has 1 aliphatic carbocycles. The average molecular weight is 506 g/mol. The van der Waals surface area contributed by atoms with Crippen molar-refractivity contribution in [2.75, 3.05) is 7.11 Å². The minimum absolute atomic E-state index is 0.251. The van der Waals surface area contributed by atoms with Gasteiger partial charge in [-0.2, -0.15) is 0 Å². The van der Waals surface area contributed by atoms with Gasteiger partial charge in [-0.05, 0) is 65.8 Å². The van der Waals surface area contributed by atoms with Crippen LogP contribution in [-0.4, -0.2) is 18.2 Å². The predicted octanol–water partition coefficient (Wildman–Crippen LogP) is 7.55. The molecule has 0 spiro atoms. The van der Waals surface area contributed by atoms with E-state index >= 15 is 0 Å². The Balaban J connectivity index is 1.55. The molecule has 2 aromatic rings. The number of ether oxygens (including phenoxy) is 1. The number of rotatable bonds is 11. The molecule has 168 valence electrons. The number of carbonyl (C=O) groups is 1. The first-order valence-corrected chi connectivity index (χ1v) is 12.9. The maximum atomic E-state index is 11.6. The summed E-state index contributed by atoms with van der Waals surface area (Å²) in [4.78, 5) is 13.6. The Labute approximate surface area is 198 Å². The molecule has 0 saturated carbocycles. The number of aryl methyl sites for hydroxylation is 1. The van der Waals surface area contributed by atoms with Crippen molar-refractivity contribution in [2.24, 2.45) is 5.92 Å². The van der Waals surface area contributed by atoms with Gasteiger partial charge >= 0.3 is 5.97 Å². The average Bonchev–Trinajstić information content (AvgIpc) is 3.40. The van der Waals surface area contributed by atoms with Crippen molar-refractivity contribution in [2.45, 2.75) is 70.3 Å². The van der Waals surface area contributed by atoms with Gasteiger partial charge in [-0.15, -0.1) is 11.3 Å². The molecule has 1 heterocycles. The van der Waals surface area contributed by atoms with Crippen LogP contribution >= 0.6 is 27.3 Å². The number of methoxy groups -OCH3 is 1. The Kier molecular flexibility index (Phi) is 9.36. The molecule has 0 bridgehead atoms. The largest absolute Gasteiger partial charge is 0.465 e. The quantitative estimate of drug-likeness (QED) is 0.253. The molecule has 5 heteroatoms. The Morgan fingerprint density at radius 3 is 2.68 bits per heavy atom. The van der Waals surface area contributed by atoms with Gasteiger partial charge in [-0.25, -0.2) is 4.79 Å². The molecule has 3 nitrogen and oxygen atoms in total. The molecule has 1 aromatic carbocycles. The number of halogens is 1. The SMILES string of the molecule is CCCCCC(O)c1ccc(C2C(Br)=CC[C@@H]2CCCc2ccc(C(=O)OC)s2)cc1. The van der Waals surface area contributed by atoms with Crippen molar-refractivity contribution in [1.29, 1.82) is 0 Å². The first-order valence-electron chi connectivity index (χ1n) is 11.3. The van der Waals surface area contributed by atoms with Gasteiger partial charge in [0, 0.05) is 10.8 Å². The van der Waals surface area contributed by atoms with Gasteiger partial charge in [0.1, 0.15) is 4.88 Å². The van der Waals surface area contributed by atoms with E-state index in [1.165, 1.54) is 46.2 Å². The molecule has 31 heavy (non-hydrogen) atoms. The van der Waals surface area contributed by atoms with Crippen molar-refractivity contribution in [1.82, 2.24) is 0 Å². The first kappa shape index (κ1) is 24.2. The number of allylic oxidation sites excluding steroid dienone is 2. The predicted molar refractivity (Wildman–Crippen MR) is 132 cm³/mol. The number of carbonyl (C=O) groups excluding carboxylic acids is 1. The zero-order chi connectivity index (χ0) is 22.2.